The Bertz CT molecular complexity index is 527. The largest absolute Gasteiger partial charge is 0.390 e. The highest BCUT2D eigenvalue weighted by Crippen LogP contribution is 2.32. The molecule has 1 amide bonds. The van der Waals surface area contributed by atoms with Crippen molar-refractivity contribution in [3.63, 3.8) is 0 Å². The number of nitrogens with zero attached hydrogens (tertiary/aromatic N) is 2. The Morgan fingerprint density at radius 3 is 2.94 bits per heavy atom. The Kier molecular flexibility index (Phi) is 2.56. The average molecular weight is 246 g/mol. The van der Waals surface area contributed by atoms with E-state index in [1.807, 2.05) is 13.0 Å². The number of rotatable bonds is 2. The smallest absolute Gasteiger partial charge is 0.256 e. The number of benzene rings is 1. The molecule has 0 bridgehead atoms. The molecule has 3 rings (SSSR count). The van der Waals surface area contributed by atoms with Crippen molar-refractivity contribution in [2.24, 2.45) is 5.16 Å². The maximum absolute atomic E-state index is 12.1. The molecule has 0 spiro atoms. The first-order valence-electron chi connectivity index (χ1n) is 5.94. The van der Waals surface area contributed by atoms with Gasteiger partial charge in [-0.3, -0.25) is 4.79 Å². The molecule has 0 aromatic heterocycles. The molecule has 5 nitrogen and oxygen atoms in total. The summed E-state index contributed by atoms with van der Waals surface area (Å²) in [6.45, 7) is 2.24. The summed E-state index contributed by atoms with van der Waals surface area (Å²) in [5, 5.41) is 14.0. The fourth-order valence-corrected chi connectivity index (χ4v) is 2.42. The first-order valence-corrected chi connectivity index (χ1v) is 5.94. The van der Waals surface area contributed by atoms with Gasteiger partial charge in [-0.1, -0.05) is 23.4 Å². The van der Waals surface area contributed by atoms with Crippen LogP contribution in [0.25, 0.3) is 0 Å². The predicted molar refractivity (Wildman–Crippen MR) is 65.0 cm³/mol. The van der Waals surface area contributed by atoms with Gasteiger partial charge in [0.05, 0.1) is 12.3 Å². The van der Waals surface area contributed by atoms with E-state index in [0.29, 0.717) is 24.1 Å². The van der Waals surface area contributed by atoms with Crippen molar-refractivity contribution in [1.82, 2.24) is 4.90 Å². The molecule has 94 valence electrons. The second-order valence-corrected chi connectivity index (χ2v) is 4.68. The number of carbonyl (C=O) groups excluding carboxylic acids is 1. The van der Waals surface area contributed by atoms with Crippen LogP contribution in [0.3, 0.4) is 0 Å². The normalized spacial score (nSPS) is 26.0. The van der Waals surface area contributed by atoms with Crippen molar-refractivity contribution in [1.29, 1.82) is 0 Å². The first kappa shape index (κ1) is 11.2. The van der Waals surface area contributed by atoms with Gasteiger partial charge in [0.2, 0.25) is 0 Å². The number of aliphatic hydroxyl groups is 1. The lowest BCUT2D eigenvalue weighted by atomic mass is 10.1. The summed E-state index contributed by atoms with van der Waals surface area (Å²) in [4.78, 5) is 18.8. The summed E-state index contributed by atoms with van der Waals surface area (Å²) in [6, 6.07) is 7.12. The average Bonchev–Trinajstić information content (AvgIpc) is 2.88. The highest BCUT2D eigenvalue weighted by molar-refractivity contribution is 5.99. The van der Waals surface area contributed by atoms with E-state index in [1.54, 1.807) is 18.2 Å². The Hall–Kier alpha value is -1.88. The number of hydrogen-bond donors (Lipinski definition) is 1. The van der Waals surface area contributed by atoms with E-state index in [1.165, 1.54) is 4.90 Å². The Morgan fingerprint density at radius 2 is 2.28 bits per heavy atom. The fraction of sp³-hybridized carbons (Fsp3) is 0.385. The first-order chi connectivity index (χ1) is 8.66. The Balaban J connectivity index is 1.78. The molecule has 0 fully saturated rings. The third-order valence-electron chi connectivity index (χ3n) is 3.31. The SMILES string of the molecule is CC1=NOC(CN2C(=O)c3ccccc3C2O)C1. The van der Waals surface area contributed by atoms with Gasteiger partial charge in [0, 0.05) is 17.5 Å². The van der Waals surface area contributed by atoms with Crippen LogP contribution in [0.5, 0.6) is 0 Å². The molecule has 0 saturated carbocycles. The van der Waals surface area contributed by atoms with Crippen LogP contribution in [0.4, 0.5) is 0 Å². The van der Waals surface area contributed by atoms with Gasteiger partial charge < -0.3 is 14.8 Å². The highest BCUT2D eigenvalue weighted by atomic mass is 16.6. The number of aliphatic hydroxyl groups excluding tert-OH is 1. The van der Waals surface area contributed by atoms with Crippen molar-refractivity contribution in [2.45, 2.75) is 25.7 Å². The Morgan fingerprint density at radius 1 is 1.50 bits per heavy atom. The third-order valence-corrected chi connectivity index (χ3v) is 3.31. The molecule has 5 heteroatoms. The van der Waals surface area contributed by atoms with Gasteiger partial charge >= 0.3 is 0 Å². The molecule has 0 radical (unpaired) electrons. The summed E-state index contributed by atoms with van der Waals surface area (Å²) in [6.07, 6.45) is -0.330. The van der Waals surface area contributed by atoms with Gasteiger partial charge in [-0.05, 0) is 13.0 Å². The number of fused-ring (bicyclic) bond motifs is 1. The van der Waals surface area contributed by atoms with Crippen LogP contribution in [0.2, 0.25) is 0 Å². The van der Waals surface area contributed by atoms with Crippen molar-refractivity contribution in [2.75, 3.05) is 6.54 Å². The number of hydrogen-bond acceptors (Lipinski definition) is 4. The van der Waals surface area contributed by atoms with Gasteiger partial charge in [0.1, 0.15) is 6.10 Å². The molecule has 1 aromatic carbocycles. The van der Waals surface area contributed by atoms with E-state index in [2.05, 4.69) is 5.16 Å². The van der Waals surface area contributed by atoms with Crippen LogP contribution in [0.1, 0.15) is 35.5 Å². The quantitative estimate of drug-likeness (QED) is 0.855. The minimum absolute atomic E-state index is 0.147. The van der Waals surface area contributed by atoms with E-state index in [9.17, 15) is 9.90 Å². The van der Waals surface area contributed by atoms with Crippen LogP contribution >= 0.6 is 0 Å². The Labute approximate surface area is 105 Å². The van der Waals surface area contributed by atoms with E-state index in [0.717, 1.165) is 5.71 Å². The molecule has 2 aliphatic rings. The zero-order chi connectivity index (χ0) is 12.7. The van der Waals surface area contributed by atoms with Crippen LogP contribution in [0.15, 0.2) is 29.4 Å². The lowest BCUT2D eigenvalue weighted by Gasteiger charge is -2.23. The summed E-state index contributed by atoms with van der Waals surface area (Å²) in [5.74, 6) is -0.147. The summed E-state index contributed by atoms with van der Waals surface area (Å²) in [7, 11) is 0. The minimum Gasteiger partial charge on any atom is -0.390 e. The summed E-state index contributed by atoms with van der Waals surface area (Å²) in [5.41, 5.74) is 2.15. The molecule has 0 aliphatic carbocycles. The summed E-state index contributed by atoms with van der Waals surface area (Å²) < 4.78 is 0. The molecule has 18 heavy (non-hydrogen) atoms. The van der Waals surface area contributed by atoms with E-state index in [4.69, 9.17) is 4.84 Å². The minimum atomic E-state index is -0.877. The predicted octanol–water partition coefficient (Wildman–Crippen LogP) is 1.30. The molecule has 2 unspecified atom stereocenters. The van der Waals surface area contributed by atoms with Crippen LogP contribution in [-0.2, 0) is 4.84 Å². The van der Waals surface area contributed by atoms with Crippen LogP contribution < -0.4 is 0 Å². The standard InChI is InChI=1S/C13H14N2O3/c1-8-6-9(18-14-8)7-15-12(16)10-4-2-3-5-11(10)13(15)17/h2-5,9,12,16H,6-7H2,1H3. The number of oxime groups is 1. The summed E-state index contributed by atoms with van der Waals surface area (Å²) >= 11 is 0. The molecule has 2 atom stereocenters. The van der Waals surface area contributed by atoms with Crippen LogP contribution in [0, 0.1) is 0 Å². The van der Waals surface area contributed by atoms with Gasteiger partial charge in [-0.2, -0.15) is 0 Å². The van der Waals surface area contributed by atoms with Crippen molar-refractivity contribution < 1.29 is 14.7 Å². The van der Waals surface area contributed by atoms with E-state index in [-0.39, 0.29) is 12.0 Å². The number of amides is 1. The maximum atomic E-state index is 12.1. The van der Waals surface area contributed by atoms with Crippen molar-refractivity contribution >= 4 is 11.6 Å². The van der Waals surface area contributed by atoms with Crippen LogP contribution in [-0.4, -0.2) is 34.3 Å². The lowest BCUT2D eigenvalue weighted by Crippen LogP contribution is -2.35. The molecule has 2 aliphatic heterocycles. The second kappa shape index (κ2) is 4.10. The third kappa shape index (κ3) is 1.67. The van der Waals surface area contributed by atoms with Gasteiger partial charge in [0.15, 0.2) is 6.23 Å². The zero-order valence-corrected chi connectivity index (χ0v) is 10.0. The van der Waals surface area contributed by atoms with Crippen molar-refractivity contribution in [3.05, 3.63) is 35.4 Å². The van der Waals surface area contributed by atoms with Crippen molar-refractivity contribution in [3.8, 4) is 0 Å². The zero-order valence-electron chi connectivity index (χ0n) is 10.0. The van der Waals surface area contributed by atoms with E-state index < -0.39 is 6.23 Å². The molecule has 1 aromatic rings. The molecular formula is C13H14N2O3. The maximum Gasteiger partial charge on any atom is 0.256 e. The van der Waals surface area contributed by atoms with E-state index >= 15 is 0 Å². The highest BCUT2D eigenvalue weighted by Gasteiger charge is 2.37. The topological polar surface area (TPSA) is 62.1 Å². The lowest BCUT2D eigenvalue weighted by molar-refractivity contribution is -0.0149. The van der Waals surface area contributed by atoms with Gasteiger partial charge in [0.25, 0.3) is 5.91 Å². The van der Waals surface area contributed by atoms with Gasteiger partial charge in [-0.15, -0.1) is 0 Å². The molecule has 0 saturated heterocycles. The monoisotopic (exact) mass is 246 g/mol. The molecule has 1 N–H and O–H groups in total. The molecule has 2 heterocycles. The van der Waals surface area contributed by atoms with Gasteiger partial charge in [-0.25, -0.2) is 0 Å². The fourth-order valence-electron chi connectivity index (χ4n) is 2.42. The number of carbonyl (C=O) groups is 1. The molecular weight excluding hydrogens is 232 g/mol. The second-order valence-electron chi connectivity index (χ2n) is 4.68.